The molecule has 0 bridgehead atoms. The van der Waals surface area contributed by atoms with E-state index in [0.29, 0.717) is 6.54 Å². The number of rotatable bonds is 4. The molecule has 2 amide bonds. The lowest BCUT2D eigenvalue weighted by atomic mass is 10.1. The van der Waals surface area contributed by atoms with Gasteiger partial charge in [-0.3, -0.25) is 0 Å². The van der Waals surface area contributed by atoms with Crippen LogP contribution in [0.4, 0.5) is 4.79 Å². The molecule has 0 aliphatic heterocycles. The molecule has 1 rings (SSSR count). The Labute approximate surface area is 102 Å². The van der Waals surface area contributed by atoms with Gasteiger partial charge in [0, 0.05) is 18.3 Å². The molecule has 3 nitrogen and oxygen atoms in total. The number of benzene rings is 1. The highest BCUT2D eigenvalue weighted by atomic mass is 35.5. The smallest absolute Gasteiger partial charge is 0.317 e. The van der Waals surface area contributed by atoms with E-state index in [2.05, 4.69) is 4.84 Å². The van der Waals surface area contributed by atoms with E-state index >= 15 is 0 Å². The SMILES string of the molecule is CCCN(C(=O)NCl)[C@H](C)c1ccccc1. The summed E-state index contributed by atoms with van der Waals surface area (Å²) in [7, 11) is 0. The van der Waals surface area contributed by atoms with E-state index < -0.39 is 0 Å². The van der Waals surface area contributed by atoms with E-state index in [4.69, 9.17) is 11.8 Å². The van der Waals surface area contributed by atoms with Crippen LogP contribution < -0.4 is 4.84 Å². The molecule has 1 aromatic carbocycles. The zero-order valence-corrected chi connectivity index (χ0v) is 10.4. The van der Waals surface area contributed by atoms with Gasteiger partial charge >= 0.3 is 6.03 Å². The molecule has 0 saturated heterocycles. The first kappa shape index (κ1) is 12.8. The van der Waals surface area contributed by atoms with Gasteiger partial charge in [-0.1, -0.05) is 37.3 Å². The predicted molar refractivity (Wildman–Crippen MR) is 66.2 cm³/mol. The molecular weight excluding hydrogens is 224 g/mol. The maximum atomic E-state index is 11.6. The van der Waals surface area contributed by atoms with Crippen LogP contribution in [0.15, 0.2) is 30.3 Å². The largest absolute Gasteiger partial charge is 0.332 e. The molecule has 0 aromatic heterocycles. The minimum atomic E-state index is -0.250. The first-order valence-electron chi connectivity index (χ1n) is 5.42. The van der Waals surface area contributed by atoms with Crippen molar-refractivity contribution in [3.05, 3.63) is 35.9 Å². The van der Waals surface area contributed by atoms with Crippen LogP contribution in [-0.2, 0) is 0 Å². The Morgan fingerprint density at radius 2 is 2.06 bits per heavy atom. The molecule has 1 aromatic rings. The van der Waals surface area contributed by atoms with E-state index in [9.17, 15) is 4.79 Å². The van der Waals surface area contributed by atoms with Gasteiger partial charge < -0.3 is 4.90 Å². The molecule has 0 aliphatic carbocycles. The van der Waals surface area contributed by atoms with Crippen LogP contribution in [0.5, 0.6) is 0 Å². The molecule has 4 heteroatoms. The predicted octanol–water partition coefficient (Wildman–Crippen LogP) is 3.32. The summed E-state index contributed by atoms with van der Waals surface area (Å²) in [6.07, 6.45) is 0.904. The molecule has 88 valence electrons. The highest BCUT2D eigenvalue weighted by Crippen LogP contribution is 2.20. The number of urea groups is 1. The number of nitrogens with zero attached hydrogens (tertiary/aromatic N) is 1. The van der Waals surface area contributed by atoms with Crippen molar-refractivity contribution < 1.29 is 4.79 Å². The topological polar surface area (TPSA) is 32.3 Å². The van der Waals surface area contributed by atoms with Crippen molar-refractivity contribution in [3.8, 4) is 0 Å². The standard InChI is InChI=1S/C12H17ClN2O/c1-3-9-15(12(16)14-13)10(2)11-7-5-4-6-8-11/h4-8,10H,3,9H2,1-2H3,(H,14,16)/t10-/m1/s1. The normalized spacial score (nSPS) is 11.9. The number of halogens is 1. The fourth-order valence-corrected chi connectivity index (χ4v) is 1.79. The van der Waals surface area contributed by atoms with Crippen molar-refractivity contribution in [1.29, 1.82) is 0 Å². The summed E-state index contributed by atoms with van der Waals surface area (Å²) in [5.74, 6) is 0. The van der Waals surface area contributed by atoms with Gasteiger partial charge in [0.1, 0.15) is 0 Å². The molecule has 0 heterocycles. The second-order valence-corrected chi connectivity index (χ2v) is 3.87. The second kappa shape index (κ2) is 6.38. The Morgan fingerprint density at radius 3 is 2.56 bits per heavy atom. The van der Waals surface area contributed by atoms with Crippen molar-refractivity contribution in [2.75, 3.05) is 6.54 Å². The molecular formula is C12H17ClN2O. The Balaban J connectivity index is 2.82. The zero-order chi connectivity index (χ0) is 12.0. The highest BCUT2D eigenvalue weighted by Gasteiger charge is 2.19. The minimum Gasteiger partial charge on any atom is -0.317 e. The van der Waals surface area contributed by atoms with Crippen LogP contribution in [0.3, 0.4) is 0 Å². The number of nitrogens with one attached hydrogen (secondary N) is 1. The number of hydrogen-bond donors (Lipinski definition) is 1. The Bertz CT molecular complexity index is 329. The fraction of sp³-hybridized carbons (Fsp3) is 0.417. The molecule has 0 radical (unpaired) electrons. The average Bonchev–Trinajstić information content (AvgIpc) is 2.35. The van der Waals surface area contributed by atoms with E-state index in [0.717, 1.165) is 12.0 Å². The molecule has 1 atom stereocenters. The van der Waals surface area contributed by atoms with Gasteiger partial charge in [0.2, 0.25) is 0 Å². The summed E-state index contributed by atoms with van der Waals surface area (Å²) in [5, 5.41) is 0. The first-order chi connectivity index (χ1) is 7.70. The third-order valence-electron chi connectivity index (χ3n) is 2.56. The molecule has 0 unspecified atom stereocenters. The van der Waals surface area contributed by atoms with Crippen LogP contribution in [-0.4, -0.2) is 17.5 Å². The van der Waals surface area contributed by atoms with Gasteiger partial charge in [0.25, 0.3) is 0 Å². The van der Waals surface area contributed by atoms with Gasteiger partial charge in [-0.15, -0.1) is 0 Å². The van der Waals surface area contributed by atoms with Crippen molar-refractivity contribution in [2.45, 2.75) is 26.3 Å². The number of hydrogen-bond acceptors (Lipinski definition) is 1. The van der Waals surface area contributed by atoms with Crippen molar-refractivity contribution in [1.82, 2.24) is 9.74 Å². The molecule has 0 saturated carbocycles. The summed E-state index contributed by atoms with van der Waals surface area (Å²) >= 11 is 5.37. The van der Waals surface area contributed by atoms with Crippen molar-refractivity contribution in [3.63, 3.8) is 0 Å². The quantitative estimate of drug-likeness (QED) is 0.805. The number of carbonyl (C=O) groups is 1. The zero-order valence-electron chi connectivity index (χ0n) is 9.61. The summed E-state index contributed by atoms with van der Waals surface area (Å²) in [4.78, 5) is 15.5. The number of carbonyl (C=O) groups excluding carboxylic acids is 1. The van der Waals surface area contributed by atoms with Gasteiger partial charge in [-0.25, -0.2) is 9.63 Å². The van der Waals surface area contributed by atoms with E-state index in [1.165, 1.54) is 0 Å². The highest BCUT2D eigenvalue weighted by molar-refractivity contribution is 6.21. The summed E-state index contributed by atoms with van der Waals surface area (Å²) < 4.78 is 0. The van der Waals surface area contributed by atoms with Crippen LogP contribution in [0.2, 0.25) is 0 Å². The Hall–Kier alpha value is -1.22. The average molecular weight is 241 g/mol. The maximum absolute atomic E-state index is 11.6. The van der Waals surface area contributed by atoms with Gasteiger partial charge in [0.05, 0.1) is 6.04 Å². The van der Waals surface area contributed by atoms with Crippen LogP contribution in [0, 0.1) is 0 Å². The van der Waals surface area contributed by atoms with Gasteiger partial charge in [-0.2, -0.15) is 0 Å². The van der Waals surface area contributed by atoms with Crippen molar-refractivity contribution in [2.24, 2.45) is 0 Å². The number of amides is 2. The molecule has 1 N–H and O–H groups in total. The van der Waals surface area contributed by atoms with Crippen molar-refractivity contribution >= 4 is 17.8 Å². The third-order valence-corrected chi connectivity index (χ3v) is 2.72. The summed E-state index contributed by atoms with van der Waals surface area (Å²) in [5.41, 5.74) is 1.11. The van der Waals surface area contributed by atoms with Crippen LogP contribution in [0.1, 0.15) is 31.9 Å². The maximum Gasteiger partial charge on any atom is 0.332 e. The van der Waals surface area contributed by atoms with E-state index in [1.807, 2.05) is 44.2 Å². The third kappa shape index (κ3) is 3.14. The molecule has 0 fully saturated rings. The van der Waals surface area contributed by atoms with E-state index in [1.54, 1.807) is 4.90 Å². The van der Waals surface area contributed by atoms with Gasteiger partial charge in [-0.05, 0) is 18.9 Å². The molecule has 0 aliphatic rings. The second-order valence-electron chi connectivity index (χ2n) is 3.68. The molecule has 0 spiro atoms. The lowest BCUT2D eigenvalue weighted by molar-refractivity contribution is 0.185. The lowest BCUT2D eigenvalue weighted by Gasteiger charge is -2.28. The lowest BCUT2D eigenvalue weighted by Crippen LogP contribution is -2.38. The van der Waals surface area contributed by atoms with E-state index in [-0.39, 0.29) is 12.1 Å². The summed E-state index contributed by atoms with van der Waals surface area (Å²) in [6, 6.07) is 9.69. The Morgan fingerprint density at radius 1 is 1.44 bits per heavy atom. The molecule has 16 heavy (non-hydrogen) atoms. The Kier molecular flexibility index (Phi) is 5.12. The minimum absolute atomic E-state index is 0.0277. The van der Waals surface area contributed by atoms with Gasteiger partial charge in [0.15, 0.2) is 0 Å². The van der Waals surface area contributed by atoms with Crippen LogP contribution in [0.25, 0.3) is 0 Å². The summed E-state index contributed by atoms with van der Waals surface area (Å²) in [6.45, 7) is 4.72. The fourth-order valence-electron chi connectivity index (χ4n) is 1.68. The van der Waals surface area contributed by atoms with Crippen LogP contribution >= 0.6 is 11.8 Å². The monoisotopic (exact) mass is 240 g/mol. The first-order valence-corrected chi connectivity index (χ1v) is 5.80.